The summed E-state index contributed by atoms with van der Waals surface area (Å²) in [5, 5.41) is 6.27. The van der Waals surface area contributed by atoms with Crippen molar-refractivity contribution in [3.8, 4) is 0 Å². The van der Waals surface area contributed by atoms with E-state index in [-0.39, 0.29) is 0 Å². The van der Waals surface area contributed by atoms with Gasteiger partial charge < -0.3 is 5.32 Å². The molecule has 3 aromatic rings. The van der Waals surface area contributed by atoms with Crippen molar-refractivity contribution < 1.29 is 0 Å². The molecule has 0 aromatic heterocycles. The van der Waals surface area contributed by atoms with Gasteiger partial charge >= 0.3 is 0 Å². The van der Waals surface area contributed by atoms with E-state index in [1.807, 2.05) is 0 Å². The fourth-order valence-corrected chi connectivity index (χ4v) is 3.46. The zero-order valence-electron chi connectivity index (χ0n) is 12.2. The van der Waals surface area contributed by atoms with E-state index in [1.165, 1.54) is 27.5 Å². The van der Waals surface area contributed by atoms with Crippen LogP contribution in [0.15, 0.2) is 66.7 Å². The first-order chi connectivity index (χ1) is 10.3. The summed E-state index contributed by atoms with van der Waals surface area (Å²) in [7, 11) is 0. The highest BCUT2D eigenvalue weighted by molar-refractivity contribution is 5.83. The number of rotatable bonds is 1. The minimum absolute atomic E-state index is 0.443. The number of benzene rings is 3. The van der Waals surface area contributed by atoms with Gasteiger partial charge in [-0.15, -0.1) is 0 Å². The molecule has 0 bridgehead atoms. The largest absolute Gasteiger partial charge is 0.309 e. The lowest BCUT2D eigenvalue weighted by molar-refractivity contribution is 0.508. The highest BCUT2D eigenvalue weighted by Gasteiger charge is 2.24. The molecule has 104 valence electrons. The molecule has 1 aliphatic heterocycles. The van der Waals surface area contributed by atoms with Crippen LogP contribution >= 0.6 is 0 Å². The van der Waals surface area contributed by atoms with Crippen LogP contribution in [0.1, 0.15) is 35.6 Å². The van der Waals surface area contributed by atoms with Gasteiger partial charge in [0.1, 0.15) is 0 Å². The van der Waals surface area contributed by atoms with Crippen LogP contribution in [0.5, 0.6) is 0 Å². The highest BCUT2D eigenvalue weighted by atomic mass is 14.9. The Hall–Kier alpha value is -2.12. The normalized spacial score (nSPS) is 21.2. The Balaban J connectivity index is 1.84. The molecule has 0 amide bonds. The molecule has 0 fully saturated rings. The van der Waals surface area contributed by atoms with E-state index >= 15 is 0 Å². The number of fused-ring (bicyclic) bond motifs is 2. The van der Waals surface area contributed by atoms with Gasteiger partial charge in [-0.2, -0.15) is 0 Å². The molecule has 1 heteroatoms. The third kappa shape index (κ3) is 2.14. The molecule has 4 rings (SSSR count). The maximum Gasteiger partial charge on any atom is 0.0295 e. The fourth-order valence-electron chi connectivity index (χ4n) is 3.46. The zero-order chi connectivity index (χ0) is 14.2. The van der Waals surface area contributed by atoms with Crippen LogP contribution in [0.25, 0.3) is 10.8 Å². The predicted molar refractivity (Wildman–Crippen MR) is 88.7 cm³/mol. The summed E-state index contributed by atoms with van der Waals surface area (Å²) in [5.41, 5.74) is 4.31. The molecule has 0 saturated heterocycles. The van der Waals surface area contributed by atoms with E-state index in [9.17, 15) is 0 Å². The minimum atomic E-state index is 0.443. The van der Waals surface area contributed by atoms with Crippen molar-refractivity contribution in [1.82, 2.24) is 5.32 Å². The molecule has 1 nitrogen and oxygen atoms in total. The summed E-state index contributed by atoms with van der Waals surface area (Å²) in [6.45, 7) is 3.26. The van der Waals surface area contributed by atoms with Crippen molar-refractivity contribution in [3.63, 3.8) is 0 Å². The molecule has 21 heavy (non-hydrogen) atoms. The Bertz CT molecular complexity index is 790. The topological polar surface area (TPSA) is 12.0 Å². The van der Waals surface area contributed by atoms with Gasteiger partial charge in [0, 0.05) is 18.5 Å². The van der Waals surface area contributed by atoms with Gasteiger partial charge in [-0.25, -0.2) is 0 Å². The Morgan fingerprint density at radius 1 is 0.810 bits per heavy atom. The van der Waals surface area contributed by atoms with Crippen molar-refractivity contribution in [2.75, 3.05) is 6.54 Å². The van der Waals surface area contributed by atoms with Crippen LogP contribution in [0.4, 0.5) is 0 Å². The zero-order valence-corrected chi connectivity index (χ0v) is 12.2. The Morgan fingerprint density at radius 2 is 1.52 bits per heavy atom. The van der Waals surface area contributed by atoms with E-state index < -0.39 is 0 Å². The van der Waals surface area contributed by atoms with Crippen molar-refractivity contribution in [1.29, 1.82) is 0 Å². The Labute approximate surface area is 125 Å². The average Bonchev–Trinajstić information content (AvgIpc) is 2.55. The summed E-state index contributed by atoms with van der Waals surface area (Å²) in [5.74, 6) is 0.446. The first-order valence-electron chi connectivity index (χ1n) is 7.64. The van der Waals surface area contributed by atoms with Crippen LogP contribution in [0.2, 0.25) is 0 Å². The summed E-state index contributed by atoms with van der Waals surface area (Å²) in [6, 6.07) is 24.7. The molecule has 0 saturated carbocycles. The van der Waals surface area contributed by atoms with Gasteiger partial charge in [0.25, 0.3) is 0 Å². The minimum Gasteiger partial charge on any atom is -0.309 e. The number of hydrogen-bond acceptors (Lipinski definition) is 1. The molecule has 2 atom stereocenters. The SMILES string of the molecule is C[C@@H]1NC[C@@H](c2ccc3ccccc3c2)c2ccccc21. The average molecular weight is 273 g/mol. The van der Waals surface area contributed by atoms with Crippen LogP contribution in [-0.4, -0.2) is 6.54 Å². The van der Waals surface area contributed by atoms with E-state index in [4.69, 9.17) is 0 Å². The molecule has 1 aliphatic rings. The highest BCUT2D eigenvalue weighted by Crippen LogP contribution is 2.35. The van der Waals surface area contributed by atoms with E-state index in [2.05, 4.69) is 79.0 Å². The van der Waals surface area contributed by atoms with Gasteiger partial charge in [0.05, 0.1) is 0 Å². The van der Waals surface area contributed by atoms with Crippen molar-refractivity contribution in [3.05, 3.63) is 83.4 Å². The summed E-state index contributed by atoms with van der Waals surface area (Å²) in [6.07, 6.45) is 0. The predicted octanol–water partition coefficient (Wildman–Crippen LogP) is 4.64. The van der Waals surface area contributed by atoms with Gasteiger partial charge in [-0.05, 0) is 34.4 Å². The second-order valence-electron chi connectivity index (χ2n) is 5.92. The van der Waals surface area contributed by atoms with E-state index in [0.29, 0.717) is 12.0 Å². The molecule has 0 spiro atoms. The molecule has 0 radical (unpaired) electrons. The molecule has 3 aromatic carbocycles. The van der Waals surface area contributed by atoms with Crippen molar-refractivity contribution >= 4 is 10.8 Å². The summed E-state index contributed by atoms with van der Waals surface area (Å²) in [4.78, 5) is 0. The lowest BCUT2D eigenvalue weighted by Crippen LogP contribution is -2.31. The van der Waals surface area contributed by atoms with Gasteiger partial charge in [-0.1, -0.05) is 66.7 Å². The molecule has 1 heterocycles. The van der Waals surface area contributed by atoms with Crippen LogP contribution in [0, 0.1) is 0 Å². The maximum absolute atomic E-state index is 3.63. The third-order valence-corrected chi connectivity index (χ3v) is 4.64. The Kier molecular flexibility index (Phi) is 3.01. The fraction of sp³-hybridized carbons (Fsp3) is 0.200. The first-order valence-corrected chi connectivity index (χ1v) is 7.64. The maximum atomic E-state index is 3.63. The molecule has 0 aliphatic carbocycles. The van der Waals surface area contributed by atoms with Crippen molar-refractivity contribution in [2.45, 2.75) is 18.9 Å². The molecular weight excluding hydrogens is 254 g/mol. The second-order valence-corrected chi connectivity index (χ2v) is 5.92. The van der Waals surface area contributed by atoms with Gasteiger partial charge in [0.15, 0.2) is 0 Å². The van der Waals surface area contributed by atoms with Crippen LogP contribution in [0.3, 0.4) is 0 Å². The second kappa shape index (κ2) is 5.01. The molecule has 0 unspecified atom stereocenters. The number of hydrogen-bond donors (Lipinski definition) is 1. The summed E-state index contributed by atoms with van der Waals surface area (Å²) < 4.78 is 0. The lowest BCUT2D eigenvalue weighted by Gasteiger charge is -2.31. The smallest absolute Gasteiger partial charge is 0.0295 e. The Morgan fingerprint density at radius 3 is 2.38 bits per heavy atom. The first kappa shape index (κ1) is 12.6. The molecular formula is C20H19N. The monoisotopic (exact) mass is 273 g/mol. The molecule has 1 N–H and O–H groups in total. The van der Waals surface area contributed by atoms with Crippen LogP contribution < -0.4 is 5.32 Å². The van der Waals surface area contributed by atoms with E-state index in [0.717, 1.165) is 6.54 Å². The van der Waals surface area contributed by atoms with Crippen molar-refractivity contribution in [2.24, 2.45) is 0 Å². The standard InChI is InChI=1S/C20H19N/c1-14-18-8-4-5-9-19(18)20(13-21-14)17-11-10-15-6-2-3-7-16(15)12-17/h2-12,14,20-21H,13H2,1H3/t14-,20-/m0/s1. The van der Waals surface area contributed by atoms with E-state index in [1.54, 1.807) is 0 Å². The quantitative estimate of drug-likeness (QED) is 0.681. The summed E-state index contributed by atoms with van der Waals surface area (Å²) >= 11 is 0. The third-order valence-electron chi connectivity index (χ3n) is 4.64. The lowest BCUT2D eigenvalue weighted by atomic mass is 9.82. The van der Waals surface area contributed by atoms with Gasteiger partial charge in [0.2, 0.25) is 0 Å². The van der Waals surface area contributed by atoms with Gasteiger partial charge in [-0.3, -0.25) is 0 Å². The number of nitrogens with one attached hydrogen (secondary N) is 1. The van der Waals surface area contributed by atoms with Crippen LogP contribution in [-0.2, 0) is 0 Å².